The minimum atomic E-state index is -0.912. The molecule has 0 aliphatic heterocycles. The summed E-state index contributed by atoms with van der Waals surface area (Å²) in [5.41, 5.74) is 4.34. The highest BCUT2D eigenvalue weighted by Crippen LogP contribution is 2.25. The molecular weight excluding hydrogens is 430 g/mol. The van der Waals surface area contributed by atoms with Gasteiger partial charge in [0.2, 0.25) is 0 Å². The van der Waals surface area contributed by atoms with Crippen molar-refractivity contribution in [1.29, 1.82) is 0 Å². The lowest BCUT2D eigenvalue weighted by atomic mass is 10.1. The van der Waals surface area contributed by atoms with Gasteiger partial charge in [-0.1, -0.05) is 53.9 Å². The highest BCUT2D eigenvalue weighted by Gasteiger charge is 2.13. The van der Waals surface area contributed by atoms with Crippen LogP contribution in [0.5, 0.6) is 11.5 Å². The zero-order chi connectivity index (χ0) is 23.9. The van der Waals surface area contributed by atoms with Crippen molar-refractivity contribution in [3.05, 3.63) is 96.2 Å². The minimum Gasteiger partial charge on any atom is -0.497 e. The second kappa shape index (κ2) is 10.4. The number of benzene rings is 3. The Morgan fingerprint density at radius 3 is 2.38 bits per heavy atom. The summed E-state index contributed by atoms with van der Waals surface area (Å²) in [6.45, 7) is 1.80. The van der Waals surface area contributed by atoms with Gasteiger partial charge in [-0.3, -0.25) is 5.21 Å². The number of amides is 1. The standard InChI is InChI=1S/C27H23N3O4/c1-20-10-12-21(13-11-20)26-19-22(28-30(26)23-14-16-24(33-2)17-15-23)7-6-18-29(32)27(31)34-25-8-4-3-5-9-25/h3-5,8-17,19,32H,18H2,1-2H3. The van der Waals surface area contributed by atoms with Crippen LogP contribution in [0, 0.1) is 18.8 Å². The molecule has 0 unspecified atom stereocenters. The molecule has 4 rings (SSSR count). The first kappa shape index (κ1) is 22.6. The lowest BCUT2D eigenvalue weighted by Gasteiger charge is -2.11. The summed E-state index contributed by atoms with van der Waals surface area (Å²) >= 11 is 0. The number of carbonyl (C=O) groups is 1. The zero-order valence-electron chi connectivity index (χ0n) is 18.8. The van der Waals surface area contributed by atoms with E-state index in [0.29, 0.717) is 16.5 Å². The lowest BCUT2D eigenvalue weighted by Crippen LogP contribution is -2.30. The van der Waals surface area contributed by atoms with Crippen molar-refractivity contribution >= 4 is 6.09 Å². The van der Waals surface area contributed by atoms with Gasteiger partial charge in [0.05, 0.1) is 18.5 Å². The molecule has 0 aliphatic carbocycles. The summed E-state index contributed by atoms with van der Waals surface area (Å²) in [6, 6.07) is 26.0. The quantitative estimate of drug-likeness (QED) is 0.259. The molecule has 0 spiro atoms. The van der Waals surface area contributed by atoms with Gasteiger partial charge in [-0.2, -0.15) is 10.2 Å². The Labute approximate surface area is 197 Å². The molecule has 0 aliphatic rings. The Kier molecular flexibility index (Phi) is 6.92. The normalized spacial score (nSPS) is 10.2. The average molecular weight is 453 g/mol. The number of nitrogens with zero attached hydrogens (tertiary/aromatic N) is 3. The molecular formula is C27H23N3O4. The predicted molar refractivity (Wildman–Crippen MR) is 128 cm³/mol. The van der Waals surface area contributed by atoms with E-state index in [1.165, 1.54) is 0 Å². The van der Waals surface area contributed by atoms with Crippen molar-refractivity contribution in [3.8, 4) is 40.3 Å². The third-order valence-corrected chi connectivity index (χ3v) is 4.98. The largest absolute Gasteiger partial charge is 0.497 e. The first-order valence-corrected chi connectivity index (χ1v) is 10.6. The summed E-state index contributed by atoms with van der Waals surface area (Å²) in [6.07, 6.45) is -0.912. The van der Waals surface area contributed by atoms with Crippen LogP contribution in [0.15, 0.2) is 84.9 Å². The lowest BCUT2D eigenvalue weighted by molar-refractivity contribution is -0.0490. The number of hydrogen-bond donors (Lipinski definition) is 1. The van der Waals surface area contributed by atoms with Crippen molar-refractivity contribution in [1.82, 2.24) is 14.8 Å². The molecule has 1 amide bonds. The summed E-state index contributed by atoms with van der Waals surface area (Å²) in [4.78, 5) is 12.0. The van der Waals surface area contributed by atoms with E-state index in [-0.39, 0.29) is 6.54 Å². The summed E-state index contributed by atoms with van der Waals surface area (Å²) < 4.78 is 12.1. The molecule has 0 bridgehead atoms. The van der Waals surface area contributed by atoms with E-state index in [1.807, 2.05) is 61.5 Å². The number of para-hydroxylation sites is 1. The smallest absolute Gasteiger partial charge is 0.440 e. The van der Waals surface area contributed by atoms with Crippen LogP contribution in [0.3, 0.4) is 0 Å². The van der Waals surface area contributed by atoms with E-state index < -0.39 is 6.09 Å². The van der Waals surface area contributed by atoms with Crippen LogP contribution < -0.4 is 9.47 Å². The predicted octanol–water partition coefficient (Wildman–Crippen LogP) is 5.10. The molecule has 7 heteroatoms. The number of hydrogen-bond acceptors (Lipinski definition) is 5. The summed E-state index contributed by atoms with van der Waals surface area (Å²) in [5.74, 6) is 6.76. The molecule has 1 heterocycles. The monoisotopic (exact) mass is 453 g/mol. The Morgan fingerprint density at radius 1 is 1.00 bits per heavy atom. The number of aryl methyl sites for hydroxylation is 1. The number of aromatic nitrogens is 2. The van der Waals surface area contributed by atoms with Gasteiger partial charge in [-0.25, -0.2) is 9.48 Å². The summed E-state index contributed by atoms with van der Waals surface area (Å²) in [5, 5.41) is 15.0. The maximum Gasteiger partial charge on any atom is 0.440 e. The van der Waals surface area contributed by atoms with Crippen molar-refractivity contribution in [3.63, 3.8) is 0 Å². The second-order valence-electron chi connectivity index (χ2n) is 7.43. The second-order valence-corrected chi connectivity index (χ2v) is 7.43. The Morgan fingerprint density at radius 2 is 1.71 bits per heavy atom. The molecule has 1 N–H and O–H groups in total. The van der Waals surface area contributed by atoms with Gasteiger partial charge < -0.3 is 9.47 Å². The number of carbonyl (C=O) groups excluding carboxylic acids is 1. The van der Waals surface area contributed by atoms with Gasteiger partial charge in [0, 0.05) is 11.6 Å². The fraction of sp³-hybridized carbons (Fsp3) is 0.111. The minimum absolute atomic E-state index is 0.235. The first-order chi connectivity index (χ1) is 16.5. The van der Waals surface area contributed by atoms with Crippen LogP contribution in [-0.2, 0) is 0 Å². The molecule has 7 nitrogen and oxygen atoms in total. The molecule has 0 fully saturated rings. The fourth-order valence-electron chi connectivity index (χ4n) is 3.20. The first-order valence-electron chi connectivity index (χ1n) is 10.6. The molecule has 0 atom stereocenters. The van der Waals surface area contributed by atoms with Crippen LogP contribution in [0.1, 0.15) is 11.3 Å². The van der Waals surface area contributed by atoms with E-state index in [2.05, 4.69) is 16.9 Å². The van der Waals surface area contributed by atoms with E-state index >= 15 is 0 Å². The van der Waals surface area contributed by atoms with Gasteiger partial charge >= 0.3 is 6.09 Å². The molecule has 170 valence electrons. The molecule has 0 saturated carbocycles. The number of methoxy groups -OCH3 is 1. The van der Waals surface area contributed by atoms with Gasteiger partial charge in [-0.05, 0) is 49.2 Å². The van der Waals surface area contributed by atoms with E-state index in [9.17, 15) is 10.0 Å². The average Bonchev–Trinajstić information content (AvgIpc) is 3.29. The number of hydroxylamine groups is 2. The Balaban J connectivity index is 1.56. The molecule has 3 aromatic carbocycles. The molecule has 1 aromatic heterocycles. The topological polar surface area (TPSA) is 76.8 Å². The van der Waals surface area contributed by atoms with Crippen molar-refractivity contribution in [2.24, 2.45) is 0 Å². The Bertz CT molecular complexity index is 1320. The number of rotatable bonds is 5. The van der Waals surface area contributed by atoms with Crippen LogP contribution in [0.4, 0.5) is 4.79 Å². The SMILES string of the molecule is COc1ccc(-n2nc(C#CCN(O)C(=O)Oc3ccccc3)cc2-c2ccc(C)cc2)cc1. The third-order valence-electron chi connectivity index (χ3n) is 4.98. The maximum absolute atomic E-state index is 12.0. The Hall–Kier alpha value is -4.54. The molecule has 34 heavy (non-hydrogen) atoms. The van der Waals surface area contributed by atoms with Gasteiger partial charge in [0.15, 0.2) is 0 Å². The van der Waals surface area contributed by atoms with Crippen molar-refractivity contribution in [2.45, 2.75) is 6.92 Å². The fourth-order valence-corrected chi connectivity index (χ4v) is 3.20. The molecule has 0 radical (unpaired) electrons. The highest BCUT2D eigenvalue weighted by atomic mass is 16.6. The van der Waals surface area contributed by atoms with E-state index in [4.69, 9.17) is 9.47 Å². The maximum atomic E-state index is 12.0. The zero-order valence-corrected chi connectivity index (χ0v) is 18.8. The van der Waals surface area contributed by atoms with Gasteiger partial charge in [-0.15, -0.1) is 0 Å². The van der Waals surface area contributed by atoms with Crippen LogP contribution in [0.2, 0.25) is 0 Å². The van der Waals surface area contributed by atoms with Gasteiger partial charge in [0.25, 0.3) is 0 Å². The van der Waals surface area contributed by atoms with E-state index in [0.717, 1.165) is 28.3 Å². The van der Waals surface area contributed by atoms with Crippen LogP contribution in [-0.4, -0.2) is 39.8 Å². The third kappa shape index (κ3) is 5.44. The van der Waals surface area contributed by atoms with Gasteiger partial charge in [0.1, 0.15) is 23.7 Å². The van der Waals surface area contributed by atoms with Crippen LogP contribution in [0.25, 0.3) is 16.9 Å². The van der Waals surface area contributed by atoms with Crippen molar-refractivity contribution < 1.29 is 19.5 Å². The summed E-state index contributed by atoms with van der Waals surface area (Å²) in [7, 11) is 1.62. The van der Waals surface area contributed by atoms with Crippen molar-refractivity contribution in [2.75, 3.05) is 13.7 Å². The van der Waals surface area contributed by atoms with E-state index in [1.54, 1.807) is 42.1 Å². The number of ether oxygens (including phenoxy) is 2. The van der Waals surface area contributed by atoms with Crippen LogP contribution >= 0.6 is 0 Å². The molecule has 4 aromatic rings. The highest BCUT2D eigenvalue weighted by molar-refractivity contribution is 5.69. The molecule has 0 saturated heterocycles.